The van der Waals surface area contributed by atoms with Gasteiger partial charge in [-0.25, -0.2) is 9.59 Å². The number of amides is 1. The van der Waals surface area contributed by atoms with Gasteiger partial charge in [0.1, 0.15) is 0 Å². The van der Waals surface area contributed by atoms with Crippen molar-refractivity contribution in [3.63, 3.8) is 0 Å². The number of aromatic nitrogens is 2. The van der Waals surface area contributed by atoms with Gasteiger partial charge in [0.25, 0.3) is 0 Å². The van der Waals surface area contributed by atoms with Crippen molar-refractivity contribution in [2.45, 2.75) is 39.3 Å². The molecule has 0 fully saturated rings. The van der Waals surface area contributed by atoms with Crippen LogP contribution < -0.4 is 11.0 Å². The van der Waals surface area contributed by atoms with Gasteiger partial charge in [-0.05, 0) is 42.7 Å². The normalized spacial score (nSPS) is 10.9. The molecule has 1 amide bonds. The fourth-order valence-electron chi connectivity index (χ4n) is 3.39. The first-order valence-electron chi connectivity index (χ1n) is 9.78. The molecule has 1 aromatic heterocycles. The first-order chi connectivity index (χ1) is 14.0. The molecule has 3 rings (SSSR count). The molecule has 7 heteroatoms. The van der Waals surface area contributed by atoms with E-state index in [2.05, 4.69) is 5.32 Å². The molecule has 152 valence electrons. The van der Waals surface area contributed by atoms with Crippen LogP contribution in [-0.2, 0) is 24.3 Å². The fourth-order valence-corrected chi connectivity index (χ4v) is 3.39. The molecule has 0 spiro atoms. The molecule has 0 saturated carbocycles. The van der Waals surface area contributed by atoms with E-state index in [1.54, 1.807) is 33.4 Å². The van der Waals surface area contributed by atoms with Gasteiger partial charge in [-0.15, -0.1) is 0 Å². The minimum absolute atomic E-state index is 0.0839. The zero-order chi connectivity index (χ0) is 20.8. The minimum atomic E-state index is -0.958. The molecule has 29 heavy (non-hydrogen) atoms. The zero-order valence-electron chi connectivity index (χ0n) is 16.4. The maximum atomic E-state index is 12.7. The van der Waals surface area contributed by atoms with Gasteiger partial charge in [0.05, 0.1) is 16.6 Å². The maximum Gasteiger partial charge on any atom is 0.335 e. The van der Waals surface area contributed by atoms with E-state index in [1.807, 2.05) is 31.2 Å². The van der Waals surface area contributed by atoms with Crippen LogP contribution in [0.25, 0.3) is 11.0 Å². The van der Waals surface area contributed by atoms with Gasteiger partial charge < -0.3 is 10.4 Å². The number of hydrogen-bond acceptors (Lipinski definition) is 3. The minimum Gasteiger partial charge on any atom is -0.478 e. The van der Waals surface area contributed by atoms with Crippen molar-refractivity contribution in [1.82, 2.24) is 14.5 Å². The Balaban J connectivity index is 1.56. The molecule has 3 aromatic rings. The van der Waals surface area contributed by atoms with Crippen molar-refractivity contribution in [2.75, 3.05) is 6.54 Å². The number of nitrogens with zero attached hydrogens (tertiary/aromatic N) is 2. The van der Waals surface area contributed by atoms with Gasteiger partial charge in [-0.3, -0.25) is 13.9 Å². The summed E-state index contributed by atoms with van der Waals surface area (Å²) in [4.78, 5) is 35.8. The van der Waals surface area contributed by atoms with E-state index in [0.717, 1.165) is 23.0 Å². The largest absolute Gasteiger partial charge is 0.478 e. The van der Waals surface area contributed by atoms with Crippen LogP contribution in [0.3, 0.4) is 0 Å². The lowest BCUT2D eigenvalue weighted by molar-refractivity contribution is -0.121. The number of carbonyl (C=O) groups is 2. The molecule has 1 heterocycles. The molecule has 0 bridgehead atoms. The Bertz CT molecular complexity index is 1060. The molecule has 0 aliphatic heterocycles. The predicted molar refractivity (Wildman–Crippen MR) is 111 cm³/mol. The van der Waals surface area contributed by atoms with Crippen molar-refractivity contribution >= 4 is 22.9 Å². The monoisotopic (exact) mass is 395 g/mol. The maximum absolute atomic E-state index is 12.7. The van der Waals surface area contributed by atoms with E-state index >= 15 is 0 Å². The number of imidazole rings is 1. The molecule has 0 radical (unpaired) electrons. The second-order valence-corrected chi connectivity index (χ2v) is 6.93. The number of hydrogen-bond donors (Lipinski definition) is 2. The zero-order valence-corrected chi connectivity index (χ0v) is 16.4. The third kappa shape index (κ3) is 4.74. The van der Waals surface area contributed by atoms with Gasteiger partial charge in [0, 0.05) is 26.1 Å². The van der Waals surface area contributed by atoms with Crippen LogP contribution >= 0.6 is 0 Å². The summed E-state index contributed by atoms with van der Waals surface area (Å²) in [7, 11) is 0. The molecule has 0 aliphatic carbocycles. The molecule has 0 saturated heterocycles. The third-order valence-electron chi connectivity index (χ3n) is 4.87. The standard InChI is InChI=1S/C22H25N3O4/c1-2-14-24-18-5-3-4-6-19(18)25(22(24)29)15-12-20(26)23-13-11-16-7-9-17(10-8-16)21(27)28/h3-10H,2,11-15H2,1H3,(H,23,26)(H,27,28). The van der Waals surface area contributed by atoms with Crippen molar-refractivity contribution < 1.29 is 14.7 Å². The SMILES string of the molecule is CCCn1c(=O)n(CCC(=O)NCCc2ccc(C(=O)O)cc2)c2ccccc21. The van der Waals surface area contributed by atoms with Crippen molar-refractivity contribution in [1.29, 1.82) is 0 Å². The van der Waals surface area contributed by atoms with E-state index < -0.39 is 5.97 Å². The van der Waals surface area contributed by atoms with Crippen LogP contribution in [-0.4, -0.2) is 32.7 Å². The Morgan fingerprint density at radius 3 is 2.17 bits per heavy atom. The average molecular weight is 395 g/mol. The summed E-state index contributed by atoms with van der Waals surface area (Å²) < 4.78 is 3.42. The number of para-hydroxylation sites is 2. The first-order valence-corrected chi connectivity index (χ1v) is 9.78. The average Bonchev–Trinajstić information content (AvgIpc) is 2.98. The lowest BCUT2D eigenvalue weighted by Crippen LogP contribution is -2.29. The Hall–Kier alpha value is -3.35. The molecular formula is C22H25N3O4. The molecule has 2 aromatic carbocycles. The van der Waals surface area contributed by atoms with Crippen molar-refractivity contribution in [2.24, 2.45) is 0 Å². The van der Waals surface area contributed by atoms with Crippen LogP contribution in [0.15, 0.2) is 53.3 Å². The number of fused-ring (bicyclic) bond motifs is 1. The van der Waals surface area contributed by atoms with E-state index in [1.165, 1.54) is 0 Å². The van der Waals surface area contributed by atoms with E-state index in [-0.39, 0.29) is 23.6 Å². The first kappa shape index (κ1) is 20.4. The lowest BCUT2D eigenvalue weighted by Gasteiger charge is -2.07. The molecule has 0 aliphatic rings. The molecular weight excluding hydrogens is 370 g/mol. The second-order valence-electron chi connectivity index (χ2n) is 6.93. The highest BCUT2D eigenvalue weighted by Gasteiger charge is 2.13. The van der Waals surface area contributed by atoms with Gasteiger partial charge in [-0.2, -0.15) is 0 Å². The Kier molecular flexibility index (Phi) is 6.49. The van der Waals surface area contributed by atoms with Gasteiger partial charge >= 0.3 is 11.7 Å². The summed E-state index contributed by atoms with van der Waals surface area (Å²) in [6.07, 6.45) is 1.70. The number of carboxylic acids is 1. The molecule has 0 atom stereocenters. The van der Waals surface area contributed by atoms with E-state index in [9.17, 15) is 14.4 Å². The van der Waals surface area contributed by atoms with Crippen LogP contribution in [0.2, 0.25) is 0 Å². The molecule has 0 unspecified atom stereocenters. The smallest absolute Gasteiger partial charge is 0.335 e. The summed E-state index contributed by atoms with van der Waals surface area (Å²) in [6.45, 7) is 3.47. The quantitative estimate of drug-likeness (QED) is 0.582. The highest BCUT2D eigenvalue weighted by molar-refractivity contribution is 5.87. The number of carbonyl (C=O) groups excluding carboxylic acids is 1. The third-order valence-corrected chi connectivity index (χ3v) is 4.87. The van der Waals surface area contributed by atoms with E-state index in [0.29, 0.717) is 26.1 Å². The number of nitrogens with one attached hydrogen (secondary N) is 1. The topological polar surface area (TPSA) is 93.3 Å². The highest BCUT2D eigenvalue weighted by atomic mass is 16.4. The Morgan fingerprint density at radius 2 is 1.59 bits per heavy atom. The summed E-state index contributed by atoms with van der Waals surface area (Å²) in [5.74, 6) is -1.08. The van der Waals surface area contributed by atoms with Crippen molar-refractivity contribution in [3.8, 4) is 0 Å². The number of aromatic carboxylic acids is 1. The van der Waals surface area contributed by atoms with Gasteiger partial charge in [0.15, 0.2) is 0 Å². The number of rotatable bonds is 9. The predicted octanol–water partition coefficient (Wildman–Crippen LogP) is 2.66. The molecule has 7 nitrogen and oxygen atoms in total. The van der Waals surface area contributed by atoms with Crippen LogP contribution in [0.4, 0.5) is 0 Å². The highest BCUT2D eigenvalue weighted by Crippen LogP contribution is 2.13. The Morgan fingerprint density at radius 1 is 0.966 bits per heavy atom. The number of benzene rings is 2. The Labute approximate surface area is 168 Å². The van der Waals surface area contributed by atoms with Crippen molar-refractivity contribution in [3.05, 3.63) is 70.1 Å². The van der Waals surface area contributed by atoms with E-state index in [4.69, 9.17) is 5.11 Å². The van der Waals surface area contributed by atoms with Crippen LogP contribution in [0.5, 0.6) is 0 Å². The van der Waals surface area contributed by atoms with Crippen LogP contribution in [0.1, 0.15) is 35.7 Å². The van der Waals surface area contributed by atoms with Gasteiger partial charge in [0.2, 0.25) is 5.91 Å². The fraction of sp³-hybridized carbons (Fsp3) is 0.318. The van der Waals surface area contributed by atoms with Crippen LogP contribution in [0, 0.1) is 0 Å². The molecule has 2 N–H and O–H groups in total. The number of aryl methyl sites for hydroxylation is 2. The summed E-state index contributed by atoms with van der Waals surface area (Å²) in [5.41, 5.74) is 2.85. The van der Waals surface area contributed by atoms with Gasteiger partial charge in [-0.1, -0.05) is 31.2 Å². The summed E-state index contributed by atoms with van der Waals surface area (Å²) in [6, 6.07) is 14.2. The lowest BCUT2D eigenvalue weighted by atomic mass is 10.1. The summed E-state index contributed by atoms with van der Waals surface area (Å²) >= 11 is 0. The summed E-state index contributed by atoms with van der Waals surface area (Å²) in [5, 5.41) is 11.8. The second kappa shape index (κ2) is 9.23. The number of carboxylic acid groups (broad SMARTS) is 1.